The molecule has 5 nitrogen and oxygen atoms in total. The van der Waals surface area contributed by atoms with Gasteiger partial charge in [-0.15, -0.1) is 0 Å². The van der Waals surface area contributed by atoms with Crippen molar-refractivity contribution in [3.8, 4) is 0 Å². The Morgan fingerprint density at radius 2 is 2.23 bits per heavy atom. The van der Waals surface area contributed by atoms with Gasteiger partial charge in [-0.25, -0.2) is 8.42 Å². The van der Waals surface area contributed by atoms with Gasteiger partial charge in [0.05, 0.1) is 23.3 Å². The van der Waals surface area contributed by atoms with E-state index in [4.69, 9.17) is 0 Å². The van der Waals surface area contributed by atoms with Gasteiger partial charge < -0.3 is 0 Å². The number of aromatic nitrogens is 2. The van der Waals surface area contributed by atoms with E-state index >= 15 is 0 Å². The van der Waals surface area contributed by atoms with E-state index in [0.717, 1.165) is 5.69 Å². The molecule has 6 heteroatoms. The molecule has 1 aromatic rings. The highest BCUT2D eigenvalue weighted by atomic mass is 32.2. The summed E-state index contributed by atoms with van der Waals surface area (Å²) >= 11 is 0. The lowest BCUT2D eigenvalue weighted by Gasteiger charge is -2.04. The molecule has 0 aliphatic carbocycles. The Labute approximate surface area is 77.8 Å². The standard InChI is InChI=1S/C7H13N3O2S/c1-4-13(11,12)9-7-5-8-10(3)6(7)2/h5,9H,4H2,1-3H3. The number of hydrogen-bond acceptors (Lipinski definition) is 3. The van der Waals surface area contributed by atoms with Crippen LogP contribution in [0.3, 0.4) is 0 Å². The van der Waals surface area contributed by atoms with E-state index in [-0.39, 0.29) is 5.75 Å². The molecule has 0 aromatic carbocycles. The molecule has 0 atom stereocenters. The van der Waals surface area contributed by atoms with Crippen molar-refractivity contribution in [2.75, 3.05) is 10.5 Å². The van der Waals surface area contributed by atoms with Crippen molar-refractivity contribution in [2.45, 2.75) is 13.8 Å². The van der Waals surface area contributed by atoms with E-state index in [1.54, 1.807) is 25.6 Å². The minimum atomic E-state index is -3.19. The Bertz CT molecular complexity index is 394. The van der Waals surface area contributed by atoms with Crippen molar-refractivity contribution < 1.29 is 8.42 Å². The van der Waals surface area contributed by atoms with Crippen molar-refractivity contribution in [3.63, 3.8) is 0 Å². The molecule has 1 heterocycles. The van der Waals surface area contributed by atoms with E-state index in [2.05, 4.69) is 9.82 Å². The van der Waals surface area contributed by atoms with E-state index in [1.807, 2.05) is 0 Å². The topological polar surface area (TPSA) is 64.0 Å². The van der Waals surface area contributed by atoms with Crippen molar-refractivity contribution in [3.05, 3.63) is 11.9 Å². The summed E-state index contributed by atoms with van der Waals surface area (Å²) in [6.45, 7) is 3.40. The molecule has 0 spiro atoms. The van der Waals surface area contributed by atoms with Gasteiger partial charge in [0.15, 0.2) is 0 Å². The van der Waals surface area contributed by atoms with Crippen LogP contribution in [0.5, 0.6) is 0 Å². The second-order valence-corrected chi connectivity index (χ2v) is 4.78. The summed E-state index contributed by atoms with van der Waals surface area (Å²) in [6.07, 6.45) is 1.50. The smallest absolute Gasteiger partial charge is 0.232 e. The Balaban J connectivity index is 2.93. The van der Waals surface area contributed by atoms with Gasteiger partial charge >= 0.3 is 0 Å². The third kappa shape index (κ3) is 2.21. The van der Waals surface area contributed by atoms with Crippen LogP contribution >= 0.6 is 0 Å². The molecule has 1 rings (SSSR count). The Kier molecular flexibility index (Phi) is 2.60. The monoisotopic (exact) mass is 203 g/mol. The fraction of sp³-hybridized carbons (Fsp3) is 0.571. The lowest BCUT2D eigenvalue weighted by Crippen LogP contribution is -2.14. The summed E-state index contributed by atoms with van der Waals surface area (Å²) in [7, 11) is -1.42. The van der Waals surface area contributed by atoms with E-state index in [0.29, 0.717) is 5.69 Å². The van der Waals surface area contributed by atoms with Gasteiger partial charge in [0.2, 0.25) is 10.0 Å². The zero-order valence-electron chi connectivity index (χ0n) is 7.90. The molecule has 0 fully saturated rings. The summed E-state index contributed by atoms with van der Waals surface area (Å²) in [5.74, 6) is 0.0708. The first kappa shape index (κ1) is 10.0. The van der Waals surface area contributed by atoms with Crippen LogP contribution in [0, 0.1) is 6.92 Å². The molecule has 1 aromatic heterocycles. The predicted octanol–water partition coefficient (Wildman–Crippen LogP) is 0.490. The molecule has 0 aliphatic heterocycles. The van der Waals surface area contributed by atoms with Crippen LogP contribution in [0.15, 0.2) is 6.20 Å². The first-order valence-corrected chi connectivity index (χ1v) is 5.60. The highest BCUT2D eigenvalue weighted by Gasteiger charge is 2.10. The summed E-state index contributed by atoms with van der Waals surface area (Å²) in [5.41, 5.74) is 1.35. The van der Waals surface area contributed by atoms with E-state index in [1.165, 1.54) is 6.20 Å². The number of nitrogens with one attached hydrogen (secondary N) is 1. The second kappa shape index (κ2) is 3.37. The molecule has 1 N–H and O–H groups in total. The maximum atomic E-state index is 11.2. The van der Waals surface area contributed by atoms with Crippen LogP contribution < -0.4 is 4.72 Å². The molecular weight excluding hydrogens is 190 g/mol. The largest absolute Gasteiger partial charge is 0.280 e. The van der Waals surface area contributed by atoms with Gasteiger partial charge in [-0.2, -0.15) is 5.10 Å². The molecule has 0 bridgehead atoms. The van der Waals surface area contributed by atoms with Gasteiger partial charge in [0, 0.05) is 7.05 Å². The van der Waals surface area contributed by atoms with Crippen LogP contribution in [-0.2, 0) is 17.1 Å². The van der Waals surface area contributed by atoms with Crippen molar-refractivity contribution in [2.24, 2.45) is 7.05 Å². The van der Waals surface area contributed by atoms with E-state index in [9.17, 15) is 8.42 Å². The highest BCUT2D eigenvalue weighted by molar-refractivity contribution is 7.92. The normalized spacial score (nSPS) is 11.6. The number of aryl methyl sites for hydroxylation is 1. The summed E-state index contributed by atoms with van der Waals surface area (Å²) in [6, 6.07) is 0. The van der Waals surface area contributed by atoms with Crippen molar-refractivity contribution >= 4 is 15.7 Å². The first-order chi connectivity index (χ1) is 5.96. The fourth-order valence-electron chi connectivity index (χ4n) is 0.839. The summed E-state index contributed by atoms with van der Waals surface area (Å²) in [5, 5.41) is 3.92. The first-order valence-electron chi connectivity index (χ1n) is 3.95. The second-order valence-electron chi connectivity index (χ2n) is 2.77. The number of sulfonamides is 1. The summed E-state index contributed by atoms with van der Waals surface area (Å²) < 4.78 is 26.4. The molecule has 0 aliphatic rings. The Hall–Kier alpha value is -1.04. The average molecular weight is 203 g/mol. The zero-order chi connectivity index (χ0) is 10.1. The molecule has 13 heavy (non-hydrogen) atoms. The van der Waals surface area contributed by atoms with Gasteiger partial charge in [-0.05, 0) is 13.8 Å². The third-order valence-corrected chi connectivity index (χ3v) is 3.17. The quantitative estimate of drug-likeness (QED) is 0.777. The van der Waals surface area contributed by atoms with Gasteiger partial charge in [-0.3, -0.25) is 9.40 Å². The van der Waals surface area contributed by atoms with Crippen LogP contribution in [0.2, 0.25) is 0 Å². The predicted molar refractivity (Wildman–Crippen MR) is 51.0 cm³/mol. The Morgan fingerprint density at radius 3 is 2.62 bits per heavy atom. The number of anilines is 1. The molecule has 0 radical (unpaired) electrons. The maximum absolute atomic E-state index is 11.2. The number of rotatable bonds is 3. The lowest BCUT2D eigenvalue weighted by atomic mass is 10.4. The van der Waals surface area contributed by atoms with Crippen LogP contribution in [0.4, 0.5) is 5.69 Å². The fourth-order valence-corrected chi connectivity index (χ4v) is 1.52. The minimum absolute atomic E-state index is 0.0708. The molecule has 74 valence electrons. The van der Waals surface area contributed by atoms with Gasteiger partial charge in [0.1, 0.15) is 0 Å². The van der Waals surface area contributed by atoms with Gasteiger partial charge in [-0.1, -0.05) is 0 Å². The van der Waals surface area contributed by atoms with Gasteiger partial charge in [0.25, 0.3) is 0 Å². The Morgan fingerprint density at radius 1 is 1.62 bits per heavy atom. The van der Waals surface area contributed by atoms with E-state index < -0.39 is 10.0 Å². The maximum Gasteiger partial charge on any atom is 0.232 e. The molecule has 0 saturated heterocycles. The van der Waals surface area contributed by atoms with Crippen molar-refractivity contribution in [1.82, 2.24) is 9.78 Å². The lowest BCUT2D eigenvalue weighted by molar-refractivity contribution is 0.602. The highest BCUT2D eigenvalue weighted by Crippen LogP contribution is 2.13. The molecular formula is C7H13N3O2S. The molecule has 0 unspecified atom stereocenters. The average Bonchev–Trinajstić information content (AvgIpc) is 2.36. The zero-order valence-corrected chi connectivity index (χ0v) is 8.72. The summed E-state index contributed by atoms with van der Waals surface area (Å²) in [4.78, 5) is 0. The third-order valence-electron chi connectivity index (χ3n) is 1.88. The van der Waals surface area contributed by atoms with Crippen LogP contribution in [0.1, 0.15) is 12.6 Å². The SMILES string of the molecule is CCS(=O)(=O)Nc1cnn(C)c1C. The molecule has 0 amide bonds. The number of nitrogens with zero attached hydrogens (tertiary/aromatic N) is 2. The molecule has 0 saturated carbocycles. The van der Waals surface area contributed by atoms with Crippen LogP contribution in [-0.4, -0.2) is 24.0 Å². The van der Waals surface area contributed by atoms with Crippen LogP contribution in [0.25, 0.3) is 0 Å². The number of hydrogen-bond donors (Lipinski definition) is 1. The van der Waals surface area contributed by atoms with Crippen molar-refractivity contribution in [1.29, 1.82) is 0 Å². The minimum Gasteiger partial charge on any atom is -0.280 e.